The maximum absolute atomic E-state index is 12.6. The third kappa shape index (κ3) is 5.51. The molecule has 0 bridgehead atoms. The van der Waals surface area contributed by atoms with Crippen molar-refractivity contribution in [1.29, 1.82) is 0 Å². The number of benzene rings is 2. The Labute approximate surface area is 212 Å². The van der Waals surface area contributed by atoms with Crippen LogP contribution in [0.3, 0.4) is 0 Å². The smallest absolute Gasteiger partial charge is 0.374 e. The number of furan rings is 1. The normalized spacial score (nSPS) is 10.8. The van der Waals surface area contributed by atoms with Crippen molar-refractivity contribution in [2.24, 2.45) is 0 Å². The molecule has 37 heavy (non-hydrogen) atoms. The number of amides is 1. The molecule has 0 saturated heterocycles. The largest absolute Gasteiger partial charge is 0.486 e. The van der Waals surface area contributed by atoms with Crippen LogP contribution in [-0.2, 0) is 17.9 Å². The Hall–Kier alpha value is -4.92. The average molecular weight is 497 g/mol. The van der Waals surface area contributed by atoms with Gasteiger partial charge >= 0.3 is 5.97 Å². The number of esters is 1. The summed E-state index contributed by atoms with van der Waals surface area (Å²) in [6, 6.07) is 19.9. The molecule has 9 nitrogen and oxygen atoms in total. The van der Waals surface area contributed by atoms with E-state index in [0.717, 1.165) is 16.8 Å². The molecule has 5 aromatic rings. The van der Waals surface area contributed by atoms with Crippen molar-refractivity contribution in [3.05, 3.63) is 108 Å². The Morgan fingerprint density at radius 1 is 1.05 bits per heavy atom. The van der Waals surface area contributed by atoms with E-state index in [0.29, 0.717) is 29.1 Å². The number of carbonyl (C=O) groups excluding carboxylic acids is 2. The summed E-state index contributed by atoms with van der Waals surface area (Å²) in [5, 5.41) is 2.90. The monoisotopic (exact) mass is 496 g/mol. The van der Waals surface area contributed by atoms with Crippen LogP contribution in [0.5, 0.6) is 5.75 Å². The molecule has 5 rings (SSSR count). The fraction of sp³-hybridized carbons (Fsp3) is 0.143. The quantitative estimate of drug-likeness (QED) is 0.295. The first kappa shape index (κ1) is 23.8. The van der Waals surface area contributed by atoms with Crippen molar-refractivity contribution in [2.45, 2.75) is 20.1 Å². The van der Waals surface area contributed by atoms with Crippen LogP contribution in [0.2, 0.25) is 0 Å². The summed E-state index contributed by atoms with van der Waals surface area (Å²) < 4.78 is 18.2. The van der Waals surface area contributed by atoms with Gasteiger partial charge in [0.25, 0.3) is 5.91 Å². The Morgan fingerprint density at radius 2 is 1.97 bits per heavy atom. The molecule has 1 amide bonds. The number of nitrogens with one attached hydrogen (secondary N) is 1. The fourth-order valence-corrected chi connectivity index (χ4v) is 3.79. The minimum Gasteiger partial charge on any atom is -0.486 e. The summed E-state index contributed by atoms with van der Waals surface area (Å²) >= 11 is 0. The Bertz CT molecular complexity index is 1540. The van der Waals surface area contributed by atoms with E-state index in [4.69, 9.17) is 13.9 Å². The molecule has 0 saturated carbocycles. The molecule has 0 unspecified atom stereocenters. The van der Waals surface area contributed by atoms with Gasteiger partial charge in [0, 0.05) is 30.6 Å². The second kappa shape index (κ2) is 10.8. The summed E-state index contributed by atoms with van der Waals surface area (Å²) in [7, 11) is 0. The van der Waals surface area contributed by atoms with Gasteiger partial charge in [-0.15, -0.1) is 0 Å². The van der Waals surface area contributed by atoms with E-state index >= 15 is 0 Å². The Kier molecular flexibility index (Phi) is 6.93. The lowest BCUT2D eigenvalue weighted by atomic mass is 10.1. The number of hydrogen-bond donors (Lipinski definition) is 1. The maximum Gasteiger partial charge on any atom is 0.374 e. The summed E-state index contributed by atoms with van der Waals surface area (Å²) in [6.07, 6.45) is 5.12. The summed E-state index contributed by atoms with van der Waals surface area (Å²) in [6.45, 7) is 2.57. The van der Waals surface area contributed by atoms with Crippen molar-refractivity contribution in [1.82, 2.24) is 19.9 Å². The first-order valence-electron chi connectivity index (χ1n) is 11.7. The van der Waals surface area contributed by atoms with E-state index in [1.807, 2.05) is 47.0 Å². The van der Waals surface area contributed by atoms with Gasteiger partial charge in [0.05, 0.1) is 23.3 Å². The SMILES string of the molecule is CCOC(=O)c1ccc(COc2cccc(-n3cnc4cc(C(=O)NCc5cccnc5)ccc43)c2)o1. The molecule has 0 aliphatic rings. The second-order valence-electron chi connectivity index (χ2n) is 8.13. The molecule has 3 heterocycles. The van der Waals surface area contributed by atoms with Crippen LogP contribution in [-0.4, -0.2) is 33.0 Å². The molecular weight excluding hydrogens is 472 g/mol. The maximum atomic E-state index is 12.6. The molecular formula is C28H24N4O5. The topological polar surface area (TPSA) is 108 Å². The number of carbonyl (C=O) groups is 2. The van der Waals surface area contributed by atoms with Gasteiger partial charge in [0.1, 0.15) is 24.4 Å². The minimum absolute atomic E-state index is 0.143. The predicted molar refractivity (Wildman–Crippen MR) is 135 cm³/mol. The van der Waals surface area contributed by atoms with Crippen LogP contribution < -0.4 is 10.1 Å². The van der Waals surface area contributed by atoms with Crippen LogP contribution in [0.25, 0.3) is 16.7 Å². The highest BCUT2D eigenvalue weighted by molar-refractivity contribution is 5.97. The van der Waals surface area contributed by atoms with E-state index in [9.17, 15) is 9.59 Å². The third-order valence-electron chi connectivity index (χ3n) is 5.60. The highest BCUT2D eigenvalue weighted by atomic mass is 16.5. The molecule has 0 radical (unpaired) electrons. The van der Waals surface area contributed by atoms with E-state index in [1.165, 1.54) is 0 Å². The number of hydrogen-bond acceptors (Lipinski definition) is 7. The van der Waals surface area contributed by atoms with Crippen molar-refractivity contribution in [3.63, 3.8) is 0 Å². The third-order valence-corrected chi connectivity index (χ3v) is 5.60. The van der Waals surface area contributed by atoms with E-state index < -0.39 is 5.97 Å². The minimum atomic E-state index is -0.503. The van der Waals surface area contributed by atoms with Crippen LogP contribution in [0.15, 0.2) is 89.9 Å². The Balaban J connectivity index is 1.27. The Morgan fingerprint density at radius 3 is 2.81 bits per heavy atom. The van der Waals surface area contributed by atoms with Crippen molar-refractivity contribution in [3.8, 4) is 11.4 Å². The molecule has 186 valence electrons. The molecule has 1 N–H and O–H groups in total. The van der Waals surface area contributed by atoms with Gasteiger partial charge in [-0.2, -0.15) is 0 Å². The van der Waals surface area contributed by atoms with Gasteiger partial charge in [0.2, 0.25) is 5.76 Å². The van der Waals surface area contributed by atoms with Gasteiger partial charge in [-0.05, 0) is 61.0 Å². The van der Waals surface area contributed by atoms with Gasteiger partial charge in [-0.3, -0.25) is 14.3 Å². The van der Waals surface area contributed by atoms with Crippen LogP contribution in [0.1, 0.15) is 39.2 Å². The van der Waals surface area contributed by atoms with Crippen molar-refractivity contribution < 1.29 is 23.5 Å². The molecule has 9 heteroatoms. The van der Waals surface area contributed by atoms with Crippen LogP contribution in [0.4, 0.5) is 0 Å². The van der Waals surface area contributed by atoms with E-state index in [1.54, 1.807) is 49.9 Å². The van der Waals surface area contributed by atoms with Gasteiger partial charge in [0.15, 0.2) is 0 Å². The molecule has 0 aliphatic heterocycles. The number of fused-ring (bicyclic) bond motifs is 1. The lowest BCUT2D eigenvalue weighted by molar-refractivity contribution is 0.0486. The van der Waals surface area contributed by atoms with E-state index in [-0.39, 0.29) is 24.9 Å². The lowest BCUT2D eigenvalue weighted by Crippen LogP contribution is -2.22. The molecule has 0 aliphatic carbocycles. The van der Waals surface area contributed by atoms with Crippen LogP contribution >= 0.6 is 0 Å². The number of rotatable bonds is 9. The number of pyridine rings is 1. The second-order valence-corrected chi connectivity index (χ2v) is 8.13. The molecule has 2 aromatic carbocycles. The zero-order valence-corrected chi connectivity index (χ0v) is 20.1. The fourth-order valence-electron chi connectivity index (χ4n) is 3.79. The zero-order chi connectivity index (χ0) is 25.6. The first-order chi connectivity index (χ1) is 18.1. The van der Waals surface area contributed by atoms with Crippen LogP contribution in [0, 0.1) is 0 Å². The van der Waals surface area contributed by atoms with E-state index in [2.05, 4.69) is 15.3 Å². The highest BCUT2D eigenvalue weighted by Gasteiger charge is 2.13. The highest BCUT2D eigenvalue weighted by Crippen LogP contribution is 2.23. The molecule has 0 spiro atoms. The number of ether oxygens (including phenoxy) is 2. The molecule has 0 fully saturated rings. The average Bonchev–Trinajstić information content (AvgIpc) is 3.58. The standard InChI is InChI=1S/C28H24N4O5/c1-2-35-28(34)26-11-9-23(37-26)17-36-22-7-3-6-21(14-22)32-18-31-24-13-20(8-10-25(24)32)27(33)30-16-19-5-4-12-29-15-19/h3-15,18H,2,16-17H2,1H3,(H,30,33). The number of aromatic nitrogens is 3. The molecule has 0 atom stereocenters. The number of nitrogens with zero attached hydrogens (tertiary/aromatic N) is 3. The summed E-state index contributed by atoms with van der Waals surface area (Å²) in [4.78, 5) is 32.9. The van der Waals surface area contributed by atoms with Crippen molar-refractivity contribution >= 4 is 22.9 Å². The first-order valence-corrected chi connectivity index (χ1v) is 11.7. The number of imidazole rings is 1. The van der Waals surface area contributed by atoms with Gasteiger partial charge < -0.3 is 19.2 Å². The summed E-state index contributed by atoms with van der Waals surface area (Å²) in [5.74, 6) is 0.594. The predicted octanol–water partition coefficient (Wildman–Crippen LogP) is 4.70. The molecule has 3 aromatic heterocycles. The zero-order valence-electron chi connectivity index (χ0n) is 20.1. The lowest BCUT2D eigenvalue weighted by Gasteiger charge is -2.09. The van der Waals surface area contributed by atoms with Gasteiger partial charge in [-0.25, -0.2) is 9.78 Å². The summed E-state index contributed by atoms with van der Waals surface area (Å²) in [5.41, 5.74) is 3.85. The van der Waals surface area contributed by atoms with Crippen molar-refractivity contribution in [2.75, 3.05) is 6.61 Å². The van der Waals surface area contributed by atoms with Gasteiger partial charge in [-0.1, -0.05) is 12.1 Å².